The molecule has 1 rings (SSSR count). The van der Waals surface area contributed by atoms with E-state index in [1.54, 1.807) is 24.3 Å². The van der Waals surface area contributed by atoms with Gasteiger partial charge in [0.1, 0.15) is 0 Å². The molecule has 0 saturated carbocycles. The monoisotopic (exact) mass is 169 g/mol. The maximum atomic E-state index is 10.6. The number of nitrogens with two attached hydrogens (primary N) is 1. The van der Waals surface area contributed by atoms with E-state index in [2.05, 4.69) is 0 Å². The number of rotatable bonds is 2. The minimum Gasteiger partial charge on any atom is -0.326 e. The van der Waals surface area contributed by atoms with Gasteiger partial charge < -0.3 is 5.73 Å². The van der Waals surface area contributed by atoms with E-state index in [0.717, 1.165) is 5.56 Å². The summed E-state index contributed by atoms with van der Waals surface area (Å²) < 4.78 is 0. The summed E-state index contributed by atoms with van der Waals surface area (Å²) in [4.78, 5) is 10.6. The topological polar surface area (TPSA) is 43.1 Å². The number of benzene rings is 1. The molecule has 0 fully saturated rings. The maximum absolute atomic E-state index is 10.6. The zero-order valence-electron chi connectivity index (χ0n) is 5.88. The molecule has 0 atom stereocenters. The first kappa shape index (κ1) is 8.24. The van der Waals surface area contributed by atoms with E-state index in [0.29, 0.717) is 12.1 Å². The van der Waals surface area contributed by atoms with Crippen molar-refractivity contribution in [3.63, 3.8) is 0 Å². The maximum Gasteiger partial charge on any atom is 0.252 e. The highest BCUT2D eigenvalue weighted by Crippen LogP contribution is 2.05. The standard InChI is InChI=1S/C8H8ClNO/c9-8(11)7-3-1-6(5-10)2-4-7/h1-4H,5,10H2. The zero-order chi connectivity index (χ0) is 8.27. The molecule has 0 bridgehead atoms. The van der Waals surface area contributed by atoms with Gasteiger partial charge >= 0.3 is 0 Å². The van der Waals surface area contributed by atoms with Crippen LogP contribution in [0.5, 0.6) is 0 Å². The lowest BCUT2D eigenvalue weighted by atomic mass is 10.1. The summed E-state index contributed by atoms with van der Waals surface area (Å²) in [5.74, 6) is 0. The van der Waals surface area contributed by atoms with E-state index in [-0.39, 0.29) is 0 Å². The van der Waals surface area contributed by atoms with Gasteiger partial charge in [-0.1, -0.05) is 12.1 Å². The van der Waals surface area contributed by atoms with Crippen molar-refractivity contribution < 1.29 is 4.79 Å². The van der Waals surface area contributed by atoms with Gasteiger partial charge in [-0.05, 0) is 29.3 Å². The summed E-state index contributed by atoms with van der Waals surface area (Å²) in [5, 5.41) is -0.437. The van der Waals surface area contributed by atoms with Crippen molar-refractivity contribution in [2.75, 3.05) is 0 Å². The summed E-state index contributed by atoms with van der Waals surface area (Å²) in [7, 11) is 0. The van der Waals surface area contributed by atoms with Crippen molar-refractivity contribution in [3.8, 4) is 0 Å². The van der Waals surface area contributed by atoms with Crippen LogP contribution in [-0.4, -0.2) is 5.24 Å². The number of hydrogen-bond acceptors (Lipinski definition) is 2. The quantitative estimate of drug-likeness (QED) is 0.683. The number of halogens is 1. The largest absolute Gasteiger partial charge is 0.326 e. The lowest BCUT2D eigenvalue weighted by Gasteiger charge is -1.96. The van der Waals surface area contributed by atoms with Crippen LogP contribution in [0.4, 0.5) is 0 Å². The Morgan fingerprint density at radius 2 is 1.91 bits per heavy atom. The van der Waals surface area contributed by atoms with Gasteiger partial charge in [0.25, 0.3) is 5.24 Å². The first-order valence-electron chi connectivity index (χ1n) is 3.23. The minimum absolute atomic E-state index is 0.437. The van der Waals surface area contributed by atoms with E-state index in [9.17, 15) is 4.79 Å². The van der Waals surface area contributed by atoms with Crippen LogP contribution in [0.15, 0.2) is 24.3 Å². The molecule has 0 aliphatic heterocycles. The second-order valence-electron chi connectivity index (χ2n) is 2.17. The molecular weight excluding hydrogens is 162 g/mol. The third-order valence-corrected chi connectivity index (χ3v) is 1.63. The van der Waals surface area contributed by atoms with E-state index in [1.807, 2.05) is 0 Å². The normalized spacial score (nSPS) is 9.64. The van der Waals surface area contributed by atoms with Crippen LogP contribution < -0.4 is 5.73 Å². The first-order valence-corrected chi connectivity index (χ1v) is 3.60. The summed E-state index contributed by atoms with van der Waals surface area (Å²) in [6.07, 6.45) is 0. The van der Waals surface area contributed by atoms with Gasteiger partial charge in [0.15, 0.2) is 0 Å². The van der Waals surface area contributed by atoms with Gasteiger partial charge in [-0.2, -0.15) is 0 Å². The molecule has 0 aliphatic carbocycles. The zero-order valence-corrected chi connectivity index (χ0v) is 6.64. The Morgan fingerprint density at radius 3 is 2.27 bits per heavy atom. The van der Waals surface area contributed by atoms with Gasteiger partial charge in [0.05, 0.1) is 0 Å². The molecule has 11 heavy (non-hydrogen) atoms. The van der Waals surface area contributed by atoms with E-state index in [1.165, 1.54) is 0 Å². The fourth-order valence-electron chi connectivity index (χ4n) is 0.772. The summed E-state index contributed by atoms with van der Waals surface area (Å²) in [6, 6.07) is 6.90. The van der Waals surface area contributed by atoms with Crippen LogP contribution in [0.25, 0.3) is 0 Å². The molecule has 2 N–H and O–H groups in total. The van der Waals surface area contributed by atoms with Gasteiger partial charge in [0.2, 0.25) is 0 Å². The Bertz CT molecular complexity index is 255. The van der Waals surface area contributed by atoms with Crippen LogP contribution in [-0.2, 0) is 6.54 Å². The molecule has 3 heteroatoms. The van der Waals surface area contributed by atoms with Crippen molar-refractivity contribution in [1.29, 1.82) is 0 Å². The Hall–Kier alpha value is -0.860. The van der Waals surface area contributed by atoms with Crippen molar-refractivity contribution in [2.24, 2.45) is 5.73 Å². The van der Waals surface area contributed by atoms with Gasteiger partial charge in [0, 0.05) is 12.1 Å². The van der Waals surface area contributed by atoms with Crippen LogP contribution in [0.1, 0.15) is 15.9 Å². The van der Waals surface area contributed by atoms with Crippen molar-refractivity contribution in [1.82, 2.24) is 0 Å². The minimum atomic E-state index is -0.437. The molecule has 0 aromatic heterocycles. The van der Waals surface area contributed by atoms with Crippen LogP contribution in [0.3, 0.4) is 0 Å². The molecule has 0 radical (unpaired) electrons. The van der Waals surface area contributed by atoms with Crippen molar-refractivity contribution >= 4 is 16.8 Å². The summed E-state index contributed by atoms with van der Waals surface area (Å²) in [6.45, 7) is 0.483. The SMILES string of the molecule is NCc1ccc(C(=O)Cl)cc1. The second kappa shape index (κ2) is 3.51. The fraction of sp³-hybridized carbons (Fsp3) is 0.125. The van der Waals surface area contributed by atoms with Gasteiger partial charge in [-0.15, -0.1) is 0 Å². The third kappa shape index (κ3) is 2.03. The molecule has 2 nitrogen and oxygen atoms in total. The molecule has 0 spiro atoms. The molecule has 0 unspecified atom stereocenters. The van der Waals surface area contributed by atoms with Gasteiger partial charge in [-0.25, -0.2) is 0 Å². The third-order valence-electron chi connectivity index (χ3n) is 1.42. The number of carbonyl (C=O) groups is 1. The van der Waals surface area contributed by atoms with Crippen molar-refractivity contribution in [2.45, 2.75) is 6.54 Å². The van der Waals surface area contributed by atoms with E-state index < -0.39 is 5.24 Å². The Labute approximate surface area is 70.0 Å². The predicted molar refractivity (Wildman–Crippen MR) is 44.5 cm³/mol. The first-order chi connectivity index (χ1) is 5.24. The molecule has 0 heterocycles. The lowest BCUT2D eigenvalue weighted by molar-refractivity contribution is 0.108. The molecule has 1 aromatic carbocycles. The van der Waals surface area contributed by atoms with Crippen molar-refractivity contribution in [3.05, 3.63) is 35.4 Å². The summed E-state index contributed by atoms with van der Waals surface area (Å²) >= 11 is 5.23. The lowest BCUT2D eigenvalue weighted by Crippen LogP contribution is -1.96. The van der Waals surface area contributed by atoms with Crippen LogP contribution in [0.2, 0.25) is 0 Å². The molecule has 58 valence electrons. The van der Waals surface area contributed by atoms with Crippen LogP contribution >= 0.6 is 11.6 Å². The highest BCUT2D eigenvalue weighted by Gasteiger charge is 1.98. The Kier molecular flexibility index (Phi) is 2.63. The molecule has 1 aromatic rings. The predicted octanol–water partition coefficient (Wildman–Crippen LogP) is 1.52. The number of hydrogen-bond donors (Lipinski definition) is 1. The highest BCUT2D eigenvalue weighted by atomic mass is 35.5. The van der Waals surface area contributed by atoms with E-state index >= 15 is 0 Å². The van der Waals surface area contributed by atoms with E-state index in [4.69, 9.17) is 17.3 Å². The average Bonchev–Trinajstić information content (AvgIpc) is 2.05. The van der Waals surface area contributed by atoms with Gasteiger partial charge in [-0.3, -0.25) is 4.79 Å². The molecule has 0 aliphatic rings. The Balaban J connectivity index is 2.91. The molecule has 0 saturated heterocycles. The molecule has 0 amide bonds. The molecular formula is C8H8ClNO. The smallest absolute Gasteiger partial charge is 0.252 e. The Morgan fingerprint density at radius 1 is 1.36 bits per heavy atom. The highest BCUT2D eigenvalue weighted by molar-refractivity contribution is 6.67. The van der Waals surface area contributed by atoms with Crippen LogP contribution in [0, 0.1) is 0 Å². The number of carbonyl (C=O) groups excluding carboxylic acids is 1. The second-order valence-corrected chi connectivity index (χ2v) is 2.52. The fourth-order valence-corrected chi connectivity index (χ4v) is 0.898. The average molecular weight is 170 g/mol. The summed E-state index contributed by atoms with van der Waals surface area (Å²) in [5.41, 5.74) is 6.85.